The number of unbranched alkanes of at least 4 members (excludes halogenated alkanes) is 3. The van der Waals surface area contributed by atoms with Crippen molar-refractivity contribution in [2.75, 3.05) is 6.61 Å². The third-order valence-corrected chi connectivity index (χ3v) is 4.74. The number of para-hydroxylation sites is 1. The van der Waals surface area contributed by atoms with Crippen molar-refractivity contribution in [3.05, 3.63) is 36.3 Å². The number of fused-ring (bicyclic) bond motifs is 3. The monoisotopic (exact) mass is 371 g/mol. The molecule has 2 aromatic heterocycles. The van der Waals surface area contributed by atoms with E-state index in [1.807, 2.05) is 31.3 Å². The van der Waals surface area contributed by atoms with Crippen LogP contribution in [-0.4, -0.2) is 26.3 Å². The molecule has 0 N–H and O–H groups in total. The Hall–Kier alpha value is -1.92. The maximum atomic E-state index is 10.9. The van der Waals surface area contributed by atoms with Gasteiger partial charge in [0.05, 0.1) is 17.2 Å². The van der Waals surface area contributed by atoms with Crippen LogP contribution in [-0.2, 0) is 22.7 Å². The van der Waals surface area contributed by atoms with E-state index in [-0.39, 0.29) is 5.12 Å². The van der Waals surface area contributed by atoms with Crippen molar-refractivity contribution >= 4 is 39.7 Å². The summed E-state index contributed by atoms with van der Waals surface area (Å²) in [6.45, 7) is 4.06. The van der Waals surface area contributed by atoms with E-state index in [2.05, 4.69) is 28.2 Å². The molecule has 5 nitrogen and oxygen atoms in total. The van der Waals surface area contributed by atoms with Gasteiger partial charge in [0.1, 0.15) is 17.9 Å². The van der Waals surface area contributed by atoms with Gasteiger partial charge in [-0.15, -0.1) is 12.6 Å². The quantitative estimate of drug-likeness (QED) is 0.420. The van der Waals surface area contributed by atoms with Crippen LogP contribution in [0.4, 0.5) is 0 Å². The summed E-state index contributed by atoms with van der Waals surface area (Å²) in [6, 6.07) is 8.18. The molecule has 0 fully saturated rings. The molecule has 6 heteroatoms. The van der Waals surface area contributed by atoms with E-state index in [4.69, 9.17) is 9.72 Å². The normalized spacial score (nSPS) is 11.5. The zero-order valence-electron chi connectivity index (χ0n) is 15.1. The van der Waals surface area contributed by atoms with Crippen molar-refractivity contribution in [2.24, 2.45) is 0 Å². The molecule has 3 aromatic rings. The van der Waals surface area contributed by atoms with Crippen LogP contribution in [0.25, 0.3) is 21.9 Å². The van der Waals surface area contributed by atoms with Gasteiger partial charge in [0.15, 0.2) is 5.12 Å². The Bertz CT molecular complexity index is 891. The number of thiol groups is 1. The fourth-order valence-corrected chi connectivity index (χ4v) is 3.41. The number of carbonyl (C=O) groups excluding carboxylic acids is 1. The van der Waals surface area contributed by atoms with E-state index >= 15 is 0 Å². The van der Waals surface area contributed by atoms with Crippen LogP contribution in [0, 0.1) is 0 Å². The zero-order valence-corrected chi connectivity index (χ0v) is 16.0. The lowest BCUT2D eigenvalue weighted by Crippen LogP contribution is -2.06. The first kappa shape index (κ1) is 18.9. The molecule has 3 rings (SSSR count). The van der Waals surface area contributed by atoms with Crippen LogP contribution in [0.15, 0.2) is 30.5 Å². The van der Waals surface area contributed by atoms with Crippen LogP contribution < -0.4 is 0 Å². The average molecular weight is 372 g/mol. The third kappa shape index (κ3) is 4.43. The Labute approximate surface area is 159 Å². The summed E-state index contributed by atoms with van der Waals surface area (Å²) in [7, 11) is 0. The topological polar surface area (TPSA) is 57.0 Å². The van der Waals surface area contributed by atoms with Gasteiger partial charge in [0.25, 0.3) is 0 Å². The Morgan fingerprint density at radius 1 is 1.15 bits per heavy atom. The largest absolute Gasteiger partial charge is 0.374 e. The predicted octanol–water partition coefficient (Wildman–Crippen LogP) is 4.53. The number of benzene rings is 1. The standard InChI is InChI=1S/C20H25N3O2S/c1-2-25-14-18-22-17-13-21-16-10-7-6-9-15(16)20(17)23(18)12-8-4-3-5-11-19(24)26/h6-7,9-10,13H,2-5,8,11-12,14H2,1H3,(H,24,26). The molecule has 0 saturated heterocycles. The van der Waals surface area contributed by atoms with Gasteiger partial charge in [-0.1, -0.05) is 31.0 Å². The Kier molecular flexibility index (Phi) is 6.63. The molecular formula is C20H25N3O2S. The van der Waals surface area contributed by atoms with Crippen LogP contribution in [0.5, 0.6) is 0 Å². The number of imidazole rings is 1. The van der Waals surface area contributed by atoms with Crippen molar-refractivity contribution in [3.63, 3.8) is 0 Å². The fraction of sp³-hybridized carbons (Fsp3) is 0.450. The second-order valence-electron chi connectivity index (χ2n) is 6.38. The lowest BCUT2D eigenvalue weighted by atomic mass is 10.1. The van der Waals surface area contributed by atoms with Crippen LogP contribution >= 0.6 is 12.6 Å². The summed E-state index contributed by atoms with van der Waals surface area (Å²) in [4.78, 5) is 20.2. The summed E-state index contributed by atoms with van der Waals surface area (Å²) in [6.07, 6.45) is 6.48. The lowest BCUT2D eigenvalue weighted by Gasteiger charge is -2.10. The SMILES string of the molecule is CCOCc1nc2cnc3ccccc3c2n1CCCCCCC(=O)S. The molecule has 0 unspecified atom stereocenters. The summed E-state index contributed by atoms with van der Waals surface area (Å²) in [5.74, 6) is 0.950. The number of pyridine rings is 1. The van der Waals surface area contributed by atoms with Crippen molar-refractivity contribution in [2.45, 2.75) is 52.2 Å². The number of rotatable bonds is 10. The summed E-state index contributed by atoms with van der Waals surface area (Å²) < 4.78 is 7.90. The molecule has 1 aromatic carbocycles. The zero-order chi connectivity index (χ0) is 18.4. The molecule has 0 aliphatic heterocycles. The highest BCUT2D eigenvalue weighted by Gasteiger charge is 2.14. The van der Waals surface area contributed by atoms with Gasteiger partial charge in [-0.2, -0.15) is 0 Å². The van der Waals surface area contributed by atoms with E-state index < -0.39 is 0 Å². The second kappa shape index (κ2) is 9.14. The first-order valence-corrected chi connectivity index (χ1v) is 9.67. The maximum Gasteiger partial charge on any atom is 0.185 e. The van der Waals surface area contributed by atoms with Gasteiger partial charge in [0.2, 0.25) is 0 Å². The summed E-state index contributed by atoms with van der Waals surface area (Å²) >= 11 is 3.82. The predicted molar refractivity (Wildman–Crippen MR) is 107 cm³/mol. The molecule has 138 valence electrons. The first-order valence-electron chi connectivity index (χ1n) is 9.23. The highest BCUT2D eigenvalue weighted by Crippen LogP contribution is 2.25. The van der Waals surface area contributed by atoms with E-state index in [0.29, 0.717) is 19.6 Å². The molecule has 0 bridgehead atoms. The number of aryl methyl sites for hydroxylation is 1. The summed E-state index contributed by atoms with van der Waals surface area (Å²) in [5, 5.41) is 1.10. The van der Waals surface area contributed by atoms with Crippen LogP contribution in [0.1, 0.15) is 44.9 Å². The molecule has 0 radical (unpaired) electrons. The Morgan fingerprint density at radius 3 is 2.77 bits per heavy atom. The Balaban J connectivity index is 1.82. The maximum absolute atomic E-state index is 10.9. The number of nitrogens with zero attached hydrogens (tertiary/aromatic N) is 3. The molecule has 2 heterocycles. The van der Waals surface area contributed by atoms with E-state index in [9.17, 15) is 4.79 Å². The van der Waals surface area contributed by atoms with Gasteiger partial charge in [-0.25, -0.2) is 4.98 Å². The first-order chi connectivity index (χ1) is 12.7. The molecular weight excluding hydrogens is 346 g/mol. The van der Waals surface area contributed by atoms with Crippen LogP contribution in [0.2, 0.25) is 0 Å². The highest BCUT2D eigenvalue weighted by molar-refractivity contribution is 7.96. The fourth-order valence-electron chi connectivity index (χ4n) is 3.25. The van der Waals surface area contributed by atoms with Crippen molar-refractivity contribution in [3.8, 4) is 0 Å². The molecule has 26 heavy (non-hydrogen) atoms. The lowest BCUT2D eigenvalue weighted by molar-refractivity contribution is -0.110. The minimum absolute atomic E-state index is 0.0245. The van der Waals surface area contributed by atoms with E-state index in [1.54, 1.807) is 0 Å². The van der Waals surface area contributed by atoms with Gasteiger partial charge in [0, 0.05) is 25.0 Å². The molecule has 0 aliphatic rings. The number of carbonyl (C=O) groups is 1. The molecule has 0 atom stereocenters. The van der Waals surface area contributed by atoms with Gasteiger partial charge < -0.3 is 9.30 Å². The van der Waals surface area contributed by atoms with Crippen molar-refractivity contribution in [1.82, 2.24) is 14.5 Å². The minimum atomic E-state index is -0.0245. The average Bonchev–Trinajstić information content (AvgIpc) is 3.00. The molecule has 0 saturated carbocycles. The van der Waals surface area contributed by atoms with Crippen LogP contribution in [0.3, 0.4) is 0 Å². The van der Waals surface area contributed by atoms with Crippen molar-refractivity contribution in [1.29, 1.82) is 0 Å². The number of aromatic nitrogens is 3. The van der Waals surface area contributed by atoms with E-state index in [1.165, 1.54) is 0 Å². The number of hydrogen-bond acceptors (Lipinski definition) is 4. The number of hydrogen-bond donors (Lipinski definition) is 1. The van der Waals surface area contributed by atoms with E-state index in [0.717, 1.165) is 60.0 Å². The summed E-state index contributed by atoms with van der Waals surface area (Å²) in [5.41, 5.74) is 3.03. The van der Waals surface area contributed by atoms with Gasteiger partial charge >= 0.3 is 0 Å². The Morgan fingerprint density at radius 2 is 1.96 bits per heavy atom. The second-order valence-corrected chi connectivity index (χ2v) is 6.88. The molecule has 0 spiro atoms. The highest BCUT2D eigenvalue weighted by atomic mass is 32.1. The van der Waals surface area contributed by atoms with Gasteiger partial charge in [-0.3, -0.25) is 9.78 Å². The molecule has 0 amide bonds. The third-order valence-electron chi connectivity index (χ3n) is 4.52. The van der Waals surface area contributed by atoms with Gasteiger partial charge in [-0.05, 0) is 25.8 Å². The smallest absolute Gasteiger partial charge is 0.185 e. The molecule has 0 aliphatic carbocycles. The minimum Gasteiger partial charge on any atom is -0.374 e. The van der Waals surface area contributed by atoms with Crippen molar-refractivity contribution < 1.29 is 9.53 Å². The number of ether oxygens (including phenoxy) is 1.